The van der Waals surface area contributed by atoms with Crippen LogP contribution in [0.2, 0.25) is 24.2 Å². The molecule has 0 saturated carbocycles. The molecular weight excluding hydrogens is 440 g/mol. The lowest BCUT2D eigenvalue weighted by Gasteiger charge is -2.33. The highest BCUT2D eigenvalue weighted by atomic mass is 28.3. The zero-order chi connectivity index (χ0) is 25.5. The summed E-state index contributed by atoms with van der Waals surface area (Å²) in [6.07, 6.45) is 20.8. The molecule has 0 amide bonds. The first-order valence-electron chi connectivity index (χ1n) is 14.5. The molecule has 0 aromatic heterocycles. The van der Waals surface area contributed by atoms with E-state index < -0.39 is 20.0 Å². The summed E-state index contributed by atoms with van der Waals surface area (Å²) in [6, 6.07) is 6.09. The van der Waals surface area contributed by atoms with Gasteiger partial charge in [0.15, 0.2) is 0 Å². The van der Waals surface area contributed by atoms with Crippen LogP contribution in [0.4, 0.5) is 0 Å². The molecule has 0 aromatic carbocycles. The average molecular weight is 497 g/mol. The second kappa shape index (κ2) is 22.4. The predicted molar refractivity (Wildman–Crippen MR) is 148 cm³/mol. The summed E-state index contributed by atoms with van der Waals surface area (Å²) in [5.41, 5.74) is 0.0255. The van der Waals surface area contributed by atoms with Gasteiger partial charge in [-0.05, 0) is 6.42 Å². The minimum atomic E-state index is -1.22. The van der Waals surface area contributed by atoms with Gasteiger partial charge in [0.05, 0.1) is 21.1 Å². The fraction of sp³-hybridized carbons (Fsp3) is 0.862. The van der Waals surface area contributed by atoms with E-state index in [4.69, 9.17) is 9.84 Å². The summed E-state index contributed by atoms with van der Waals surface area (Å²) in [4.78, 5) is 22.4. The number of carbonyl (C=O) groups is 2. The Kier molecular flexibility index (Phi) is 21.6. The van der Waals surface area contributed by atoms with Crippen LogP contribution in [-0.4, -0.2) is 31.7 Å². The smallest absolute Gasteiger partial charge is 0.333 e. The number of carboxylic acids is 1. The third kappa shape index (κ3) is 18.3. The van der Waals surface area contributed by atoms with Crippen LogP contribution in [0.1, 0.15) is 130 Å². The average Bonchev–Trinajstić information content (AvgIpc) is 2.81. The number of carboxylic acid groups (broad SMARTS) is 1. The SMILES string of the molecule is C=C(CC(=O)O)C(=O)OCCCCCC[Si](CCCCCC)(CCCCCC)CCCCCC. The van der Waals surface area contributed by atoms with Gasteiger partial charge in [-0.3, -0.25) is 4.79 Å². The third-order valence-electron chi connectivity index (χ3n) is 7.17. The monoisotopic (exact) mass is 496 g/mol. The van der Waals surface area contributed by atoms with Gasteiger partial charge in [0.2, 0.25) is 0 Å². The molecule has 0 bridgehead atoms. The summed E-state index contributed by atoms with van der Waals surface area (Å²) in [6.45, 7) is 10.8. The molecule has 0 radical (unpaired) electrons. The van der Waals surface area contributed by atoms with Gasteiger partial charge < -0.3 is 9.84 Å². The Balaban J connectivity index is 4.59. The van der Waals surface area contributed by atoms with Crippen LogP contribution in [0.15, 0.2) is 12.2 Å². The van der Waals surface area contributed by atoms with Crippen molar-refractivity contribution in [2.75, 3.05) is 6.61 Å². The van der Waals surface area contributed by atoms with Crippen LogP contribution >= 0.6 is 0 Å². The van der Waals surface area contributed by atoms with Crippen molar-refractivity contribution in [1.82, 2.24) is 0 Å². The third-order valence-corrected chi connectivity index (χ3v) is 12.8. The molecule has 0 atom stereocenters. The van der Waals surface area contributed by atoms with Gasteiger partial charge in [0.1, 0.15) is 0 Å². The molecule has 4 nitrogen and oxygen atoms in total. The van der Waals surface area contributed by atoms with E-state index in [1.165, 1.54) is 114 Å². The lowest BCUT2D eigenvalue weighted by molar-refractivity contribution is -0.142. The van der Waals surface area contributed by atoms with E-state index in [-0.39, 0.29) is 12.0 Å². The number of hydrogen-bond acceptors (Lipinski definition) is 3. The number of ether oxygens (including phenoxy) is 1. The highest BCUT2D eigenvalue weighted by Crippen LogP contribution is 2.35. The Morgan fingerprint density at radius 3 is 1.41 bits per heavy atom. The Labute approximate surface area is 212 Å². The van der Waals surface area contributed by atoms with Crippen molar-refractivity contribution in [2.45, 2.75) is 154 Å². The molecule has 34 heavy (non-hydrogen) atoms. The summed E-state index contributed by atoms with van der Waals surface area (Å²) in [5.74, 6) is -1.62. The molecule has 0 fully saturated rings. The molecule has 0 rings (SSSR count). The molecule has 0 saturated heterocycles. The van der Waals surface area contributed by atoms with Gasteiger partial charge >= 0.3 is 11.9 Å². The first-order valence-corrected chi connectivity index (χ1v) is 17.3. The van der Waals surface area contributed by atoms with E-state index in [0.29, 0.717) is 6.61 Å². The van der Waals surface area contributed by atoms with Crippen LogP contribution in [0.3, 0.4) is 0 Å². The zero-order valence-electron chi connectivity index (χ0n) is 22.9. The van der Waals surface area contributed by atoms with Crippen LogP contribution < -0.4 is 0 Å². The standard InChI is InChI=1S/C29H56O4Si/c1-5-8-11-17-22-34(23-18-12-9-6-2,24-19-13-10-7-3)25-20-15-14-16-21-33-29(32)27(4)26-28(30)31/h4-26H2,1-3H3,(H,30,31). The molecule has 0 aliphatic heterocycles. The molecule has 0 heterocycles. The lowest BCUT2D eigenvalue weighted by atomic mass is 10.2. The Hall–Kier alpha value is -1.10. The maximum atomic E-state index is 11.8. The minimum Gasteiger partial charge on any atom is -0.481 e. The van der Waals surface area contributed by atoms with Crippen LogP contribution in [0, 0.1) is 0 Å². The Bertz CT molecular complexity index is 501. The summed E-state index contributed by atoms with van der Waals surface area (Å²) >= 11 is 0. The maximum absolute atomic E-state index is 11.8. The van der Waals surface area contributed by atoms with Crippen molar-refractivity contribution in [1.29, 1.82) is 0 Å². The zero-order valence-corrected chi connectivity index (χ0v) is 23.9. The molecule has 1 N–H and O–H groups in total. The maximum Gasteiger partial charge on any atom is 0.333 e. The van der Waals surface area contributed by atoms with Gasteiger partial charge in [-0.25, -0.2) is 4.79 Å². The number of rotatable bonds is 25. The van der Waals surface area contributed by atoms with Crippen molar-refractivity contribution >= 4 is 20.0 Å². The normalized spacial score (nSPS) is 11.5. The Morgan fingerprint density at radius 2 is 1.03 bits per heavy atom. The lowest BCUT2D eigenvalue weighted by Crippen LogP contribution is -2.34. The summed E-state index contributed by atoms with van der Waals surface area (Å²) in [7, 11) is -1.22. The number of esters is 1. The van der Waals surface area contributed by atoms with E-state index in [0.717, 1.165) is 12.8 Å². The number of unbranched alkanes of at least 4 members (excludes halogenated alkanes) is 12. The van der Waals surface area contributed by atoms with Crippen molar-refractivity contribution in [3.63, 3.8) is 0 Å². The van der Waals surface area contributed by atoms with E-state index >= 15 is 0 Å². The highest BCUT2D eigenvalue weighted by Gasteiger charge is 2.30. The topological polar surface area (TPSA) is 63.6 Å². The molecular formula is C29H56O4Si. The van der Waals surface area contributed by atoms with Gasteiger partial charge in [-0.2, -0.15) is 0 Å². The number of carbonyl (C=O) groups excluding carboxylic acids is 1. The molecule has 0 spiro atoms. The van der Waals surface area contributed by atoms with Crippen molar-refractivity contribution < 1.29 is 19.4 Å². The number of aliphatic carboxylic acids is 1. The predicted octanol–water partition coefficient (Wildman–Crippen LogP) is 9.31. The fourth-order valence-electron chi connectivity index (χ4n) is 5.01. The van der Waals surface area contributed by atoms with Crippen LogP contribution in [0.25, 0.3) is 0 Å². The van der Waals surface area contributed by atoms with E-state index in [9.17, 15) is 9.59 Å². The summed E-state index contributed by atoms with van der Waals surface area (Å²) < 4.78 is 5.19. The second-order valence-corrected chi connectivity index (χ2v) is 15.4. The van der Waals surface area contributed by atoms with Gasteiger partial charge in [-0.15, -0.1) is 0 Å². The van der Waals surface area contributed by atoms with Crippen LogP contribution in [0.5, 0.6) is 0 Å². The number of hydrogen-bond donors (Lipinski definition) is 1. The van der Waals surface area contributed by atoms with Crippen molar-refractivity contribution in [3.8, 4) is 0 Å². The first kappa shape index (κ1) is 32.9. The van der Waals surface area contributed by atoms with Gasteiger partial charge in [0, 0.05) is 5.57 Å². The summed E-state index contributed by atoms with van der Waals surface area (Å²) in [5, 5.41) is 8.74. The van der Waals surface area contributed by atoms with Crippen LogP contribution in [-0.2, 0) is 14.3 Å². The van der Waals surface area contributed by atoms with E-state index in [1.54, 1.807) is 0 Å². The molecule has 0 aliphatic carbocycles. The van der Waals surface area contributed by atoms with Crippen molar-refractivity contribution in [2.24, 2.45) is 0 Å². The van der Waals surface area contributed by atoms with Gasteiger partial charge in [-0.1, -0.05) is 148 Å². The highest BCUT2D eigenvalue weighted by molar-refractivity contribution is 6.79. The van der Waals surface area contributed by atoms with E-state index in [1.807, 2.05) is 0 Å². The second-order valence-electron chi connectivity index (χ2n) is 10.4. The minimum absolute atomic E-state index is 0.0255. The first-order chi connectivity index (χ1) is 16.4. The molecule has 200 valence electrons. The van der Waals surface area contributed by atoms with Crippen molar-refractivity contribution in [3.05, 3.63) is 12.2 Å². The quantitative estimate of drug-likeness (QED) is 0.0591. The fourth-order valence-corrected chi connectivity index (χ4v) is 10.5. The molecule has 0 unspecified atom stereocenters. The van der Waals surface area contributed by atoms with Gasteiger partial charge in [0.25, 0.3) is 0 Å². The molecule has 0 aliphatic rings. The van der Waals surface area contributed by atoms with E-state index in [2.05, 4.69) is 27.4 Å². The largest absolute Gasteiger partial charge is 0.481 e. The molecule has 5 heteroatoms. The molecule has 0 aromatic rings. The Morgan fingerprint density at radius 1 is 0.647 bits per heavy atom.